The molecule has 0 fully saturated rings. The molecule has 4 N–H and O–H groups in total. The minimum atomic E-state index is -1.14. The highest BCUT2D eigenvalue weighted by Gasteiger charge is 2.42. The molecule has 0 aromatic heterocycles. The van der Waals surface area contributed by atoms with Gasteiger partial charge in [-0.25, -0.2) is 4.79 Å². The molecule has 0 saturated heterocycles. The van der Waals surface area contributed by atoms with E-state index in [0.717, 1.165) is 0 Å². The van der Waals surface area contributed by atoms with Crippen LogP contribution in [0.3, 0.4) is 0 Å². The number of benzene rings is 2. The predicted molar refractivity (Wildman–Crippen MR) is 96.9 cm³/mol. The van der Waals surface area contributed by atoms with Crippen LogP contribution >= 0.6 is 0 Å². The second-order valence-corrected chi connectivity index (χ2v) is 6.29. The van der Waals surface area contributed by atoms with Crippen LogP contribution in [0.5, 0.6) is 23.0 Å². The van der Waals surface area contributed by atoms with E-state index in [2.05, 4.69) is 0 Å². The van der Waals surface area contributed by atoms with E-state index in [1.54, 1.807) is 0 Å². The summed E-state index contributed by atoms with van der Waals surface area (Å²) < 4.78 is 9.67. The summed E-state index contributed by atoms with van der Waals surface area (Å²) in [6.07, 6.45) is 1.39. The van der Waals surface area contributed by atoms with Crippen molar-refractivity contribution in [3.8, 4) is 23.0 Å². The van der Waals surface area contributed by atoms with Gasteiger partial charge in [0.05, 0.1) is 25.7 Å². The molecule has 8 nitrogen and oxygen atoms in total. The van der Waals surface area contributed by atoms with Gasteiger partial charge in [-0.05, 0) is 47.0 Å². The zero-order chi connectivity index (χ0) is 20.6. The van der Waals surface area contributed by atoms with E-state index < -0.39 is 41.0 Å². The Morgan fingerprint density at radius 1 is 0.857 bits per heavy atom. The fraction of sp³-hybridized carbons (Fsp3) is 0.200. The first-order chi connectivity index (χ1) is 13.3. The normalized spacial score (nSPS) is 18.0. The second kappa shape index (κ2) is 7.15. The number of fused-ring (bicyclic) bond motifs is 1. The smallest absolute Gasteiger partial charge is 0.334 e. The summed E-state index contributed by atoms with van der Waals surface area (Å²) in [7, 11) is 2.34. The van der Waals surface area contributed by atoms with Gasteiger partial charge >= 0.3 is 11.9 Å². The Bertz CT molecular complexity index is 992. The molecule has 1 aliphatic rings. The molecule has 146 valence electrons. The number of carbonyl (C=O) groups is 2. The fourth-order valence-corrected chi connectivity index (χ4v) is 3.42. The highest BCUT2D eigenvalue weighted by molar-refractivity contribution is 6.02. The van der Waals surface area contributed by atoms with E-state index >= 15 is 0 Å². The van der Waals surface area contributed by atoms with Gasteiger partial charge in [0.15, 0.2) is 23.0 Å². The molecule has 0 saturated carbocycles. The lowest BCUT2D eigenvalue weighted by atomic mass is 9.71. The van der Waals surface area contributed by atoms with Gasteiger partial charge in [-0.2, -0.15) is 0 Å². The van der Waals surface area contributed by atoms with Gasteiger partial charge in [0.2, 0.25) is 0 Å². The molecule has 2 atom stereocenters. The molecule has 0 aliphatic heterocycles. The van der Waals surface area contributed by atoms with Crippen LogP contribution < -0.4 is 0 Å². The van der Waals surface area contributed by atoms with Crippen molar-refractivity contribution < 1.29 is 39.5 Å². The minimum absolute atomic E-state index is 0.00972. The number of aromatic hydroxyl groups is 4. The molecular weight excluding hydrogens is 368 g/mol. The van der Waals surface area contributed by atoms with Gasteiger partial charge in [0, 0.05) is 5.92 Å². The van der Waals surface area contributed by atoms with Gasteiger partial charge in [0.25, 0.3) is 0 Å². The van der Waals surface area contributed by atoms with Crippen LogP contribution in [-0.4, -0.2) is 46.6 Å². The van der Waals surface area contributed by atoms with Gasteiger partial charge in [-0.1, -0.05) is 6.07 Å². The molecule has 2 aromatic carbocycles. The van der Waals surface area contributed by atoms with Crippen molar-refractivity contribution in [1.29, 1.82) is 0 Å². The predicted octanol–water partition coefficient (Wildman–Crippen LogP) is 2.00. The lowest BCUT2D eigenvalue weighted by Gasteiger charge is -2.32. The standard InChI is InChI=1S/C20H18O8/c1-27-19(25)12-5-10-7-15(23)16(24)8-11(10)17(18(12)20(26)28-2)9-3-4-13(21)14(22)6-9/h3-8,17-18,21-24H,1-2H3/t17-,18-/m1/s1. The molecule has 28 heavy (non-hydrogen) atoms. The van der Waals surface area contributed by atoms with Crippen molar-refractivity contribution in [2.24, 2.45) is 5.92 Å². The van der Waals surface area contributed by atoms with Crippen LogP contribution in [0.2, 0.25) is 0 Å². The molecule has 3 rings (SSSR count). The molecule has 0 bridgehead atoms. The topological polar surface area (TPSA) is 134 Å². The first kappa shape index (κ1) is 19.1. The summed E-state index contributed by atoms with van der Waals surface area (Å²) in [5.41, 5.74) is 1.17. The number of phenols is 4. The Morgan fingerprint density at radius 2 is 1.50 bits per heavy atom. The number of hydrogen-bond acceptors (Lipinski definition) is 8. The molecule has 1 aliphatic carbocycles. The summed E-state index contributed by atoms with van der Waals surface area (Å²) in [6.45, 7) is 0. The molecule has 0 radical (unpaired) electrons. The van der Waals surface area contributed by atoms with Gasteiger partial charge in [-0.15, -0.1) is 0 Å². The van der Waals surface area contributed by atoms with Crippen LogP contribution in [-0.2, 0) is 19.1 Å². The third-order valence-electron chi connectivity index (χ3n) is 4.73. The Hall–Kier alpha value is -3.68. The van der Waals surface area contributed by atoms with Crippen molar-refractivity contribution in [3.63, 3.8) is 0 Å². The van der Waals surface area contributed by atoms with Crippen LogP contribution in [0.15, 0.2) is 35.9 Å². The van der Waals surface area contributed by atoms with E-state index in [1.807, 2.05) is 0 Å². The average Bonchev–Trinajstić information content (AvgIpc) is 2.68. The number of carbonyl (C=O) groups excluding carboxylic acids is 2. The Balaban J connectivity index is 2.33. The van der Waals surface area contributed by atoms with Gasteiger partial charge in [-0.3, -0.25) is 4.79 Å². The van der Waals surface area contributed by atoms with Gasteiger partial charge in [0.1, 0.15) is 0 Å². The summed E-state index contributed by atoms with van der Waals surface area (Å²) in [5, 5.41) is 39.4. The van der Waals surface area contributed by atoms with Gasteiger partial charge < -0.3 is 29.9 Å². The SMILES string of the molecule is COC(=O)C1=Cc2cc(O)c(O)cc2[C@@H](c2ccc(O)c(O)c2)[C@@H]1C(=O)OC. The van der Waals surface area contributed by atoms with Crippen molar-refractivity contribution in [2.75, 3.05) is 14.2 Å². The average molecular weight is 386 g/mol. The highest BCUT2D eigenvalue weighted by atomic mass is 16.5. The molecule has 0 amide bonds. The van der Waals surface area contributed by atoms with E-state index in [-0.39, 0.29) is 11.3 Å². The zero-order valence-electron chi connectivity index (χ0n) is 15.0. The highest BCUT2D eigenvalue weighted by Crippen LogP contribution is 2.47. The van der Waals surface area contributed by atoms with Crippen molar-refractivity contribution in [2.45, 2.75) is 5.92 Å². The molecular formula is C20H18O8. The van der Waals surface area contributed by atoms with Crippen molar-refractivity contribution in [3.05, 3.63) is 52.6 Å². The fourth-order valence-electron chi connectivity index (χ4n) is 3.42. The third-order valence-corrected chi connectivity index (χ3v) is 4.73. The minimum Gasteiger partial charge on any atom is -0.504 e. The third kappa shape index (κ3) is 3.09. The zero-order valence-corrected chi connectivity index (χ0v) is 15.0. The van der Waals surface area contributed by atoms with Crippen LogP contribution in [0.4, 0.5) is 0 Å². The lowest BCUT2D eigenvalue weighted by Crippen LogP contribution is -2.32. The quantitative estimate of drug-likeness (QED) is 0.465. The van der Waals surface area contributed by atoms with E-state index in [4.69, 9.17) is 9.47 Å². The van der Waals surface area contributed by atoms with E-state index in [0.29, 0.717) is 16.7 Å². The monoisotopic (exact) mass is 386 g/mol. The number of methoxy groups -OCH3 is 2. The molecule has 0 unspecified atom stereocenters. The van der Waals surface area contributed by atoms with Crippen LogP contribution in [0.25, 0.3) is 6.08 Å². The Morgan fingerprint density at radius 3 is 2.11 bits per heavy atom. The van der Waals surface area contributed by atoms with Crippen LogP contribution in [0.1, 0.15) is 22.6 Å². The number of ether oxygens (including phenoxy) is 2. The summed E-state index contributed by atoms with van der Waals surface area (Å²) in [6, 6.07) is 6.51. The number of hydrogen-bond donors (Lipinski definition) is 4. The summed E-state index contributed by atoms with van der Waals surface area (Å²) >= 11 is 0. The maximum absolute atomic E-state index is 12.6. The number of rotatable bonds is 3. The molecule has 0 spiro atoms. The first-order valence-corrected chi connectivity index (χ1v) is 8.24. The second-order valence-electron chi connectivity index (χ2n) is 6.29. The van der Waals surface area contributed by atoms with Crippen molar-refractivity contribution >= 4 is 18.0 Å². The Labute approximate surface area is 159 Å². The summed E-state index contributed by atoms with van der Waals surface area (Å²) in [5.74, 6) is -5.08. The maximum atomic E-state index is 12.6. The van der Waals surface area contributed by atoms with Crippen molar-refractivity contribution in [1.82, 2.24) is 0 Å². The molecule has 2 aromatic rings. The number of esters is 2. The largest absolute Gasteiger partial charge is 0.504 e. The lowest BCUT2D eigenvalue weighted by molar-refractivity contribution is -0.147. The Kier molecular flexibility index (Phi) is 4.87. The molecule has 8 heteroatoms. The first-order valence-electron chi connectivity index (χ1n) is 8.24. The van der Waals surface area contributed by atoms with E-state index in [9.17, 15) is 30.0 Å². The summed E-state index contributed by atoms with van der Waals surface area (Å²) in [4.78, 5) is 25.0. The number of phenolic OH excluding ortho intramolecular Hbond substituents is 4. The molecule has 0 heterocycles. The van der Waals surface area contributed by atoms with Crippen LogP contribution in [0, 0.1) is 5.92 Å². The van der Waals surface area contributed by atoms with E-state index in [1.165, 1.54) is 50.6 Å². The maximum Gasteiger partial charge on any atom is 0.334 e.